The molecule has 0 bridgehead atoms. The lowest BCUT2D eigenvalue weighted by molar-refractivity contribution is -0.134. The van der Waals surface area contributed by atoms with Gasteiger partial charge in [0.25, 0.3) is 6.47 Å². The summed E-state index contributed by atoms with van der Waals surface area (Å²) in [5, 5.41) is 22.5. The van der Waals surface area contributed by atoms with Crippen LogP contribution in [0.3, 0.4) is 0 Å². The minimum absolute atomic E-state index is 0. The van der Waals surface area contributed by atoms with E-state index in [1.165, 1.54) is 0 Å². The average Bonchev–Trinajstić information content (AvgIpc) is 1.85. The van der Waals surface area contributed by atoms with Crippen LogP contribution in [0.5, 0.6) is 0 Å². The van der Waals surface area contributed by atoms with Crippen LogP contribution in [0.15, 0.2) is 12.2 Å². The van der Waals surface area contributed by atoms with Crippen molar-refractivity contribution in [3.8, 4) is 0 Å². The molecule has 0 aliphatic rings. The fourth-order valence-electron chi connectivity index (χ4n) is 0.143. The Morgan fingerprint density at radius 1 is 0.923 bits per heavy atom. The van der Waals surface area contributed by atoms with Crippen LogP contribution in [0, 0.1) is 0 Å². The first-order valence-corrected chi connectivity index (χ1v) is 2.26. The maximum atomic E-state index is 9.55. The van der Waals surface area contributed by atoms with E-state index in [9.17, 15) is 9.59 Å². The van der Waals surface area contributed by atoms with Gasteiger partial charge in [0.15, 0.2) is 0 Å². The van der Waals surface area contributed by atoms with Gasteiger partial charge >= 0.3 is 11.9 Å². The molecule has 0 fully saturated rings. The van der Waals surface area contributed by atoms with Gasteiger partial charge in [0.2, 0.25) is 0 Å². The van der Waals surface area contributed by atoms with Crippen LogP contribution in [-0.2, 0) is 14.4 Å². The molecule has 13 heavy (non-hydrogen) atoms. The Hall–Kier alpha value is -1.93. The number of aliphatic carboxylic acids is 2. The van der Waals surface area contributed by atoms with Crippen molar-refractivity contribution in [2.75, 3.05) is 0 Å². The number of hydrogen-bond donors (Lipinski definition) is 3. The summed E-state index contributed by atoms with van der Waals surface area (Å²) in [6, 6.07) is 0. The van der Waals surface area contributed by atoms with Crippen molar-refractivity contribution in [1.82, 2.24) is 0 Å². The van der Waals surface area contributed by atoms with Crippen LogP contribution < -0.4 is 0 Å². The molecule has 0 spiro atoms. The normalized spacial score (nSPS) is 6.77. The van der Waals surface area contributed by atoms with Crippen molar-refractivity contribution in [1.29, 1.82) is 0 Å². The van der Waals surface area contributed by atoms with Gasteiger partial charge in [0.1, 0.15) is 0 Å². The van der Waals surface area contributed by atoms with Crippen molar-refractivity contribution >= 4 is 18.4 Å². The van der Waals surface area contributed by atoms with E-state index in [-0.39, 0.29) is 17.4 Å². The molecule has 0 rings (SSSR count). The summed E-state index contributed by atoms with van der Waals surface area (Å²) in [7, 11) is 0. The van der Waals surface area contributed by atoms with Gasteiger partial charge < -0.3 is 26.3 Å². The zero-order valence-electron chi connectivity index (χ0n) is 6.30. The second-order valence-electron chi connectivity index (χ2n) is 1.12. The van der Waals surface area contributed by atoms with Crippen LogP contribution in [-0.4, -0.2) is 44.7 Å². The monoisotopic (exact) mass is 198 g/mol. The Labute approximate surface area is 72.3 Å². The molecule has 8 nitrogen and oxygen atoms in total. The first kappa shape index (κ1) is 22.5. The SMILES string of the molecule is O.O.O=C(O)/C=C/C(=O)O.O=CO. The van der Waals surface area contributed by atoms with Crippen molar-refractivity contribution < 1.29 is 40.7 Å². The molecule has 0 aromatic carbocycles. The Morgan fingerprint density at radius 3 is 1.15 bits per heavy atom. The lowest BCUT2D eigenvalue weighted by Crippen LogP contribution is -1.91. The van der Waals surface area contributed by atoms with Crippen molar-refractivity contribution in [2.24, 2.45) is 0 Å². The third-order valence-electron chi connectivity index (χ3n) is 0.368. The Balaban J connectivity index is -0.0000000720. The van der Waals surface area contributed by atoms with Gasteiger partial charge in [-0.3, -0.25) is 4.79 Å². The number of carboxylic acids is 2. The van der Waals surface area contributed by atoms with Crippen LogP contribution in [0.25, 0.3) is 0 Å². The summed E-state index contributed by atoms with van der Waals surface area (Å²) in [4.78, 5) is 27.5. The van der Waals surface area contributed by atoms with Crippen LogP contribution in [0.1, 0.15) is 0 Å². The Morgan fingerprint density at radius 2 is 1.08 bits per heavy atom. The third kappa shape index (κ3) is 69.6. The van der Waals surface area contributed by atoms with Crippen LogP contribution >= 0.6 is 0 Å². The first-order valence-electron chi connectivity index (χ1n) is 2.26. The van der Waals surface area contributed by atoms with E-state index >= 15 is 0 Å². The standard InChI is InChI=1S/C4H4O4.CH2O2.2H2O/c5-3(6)1-2-4(7)8;2-1-3;;/h1-2H,(H,5,6)(H,7,8);1H,(H,2,3);2*1H2/b2-1+;;;. The first-order chi connectivity index (χ1) is 5.04. The Kier molecular flexibility index (Phi) is 28.6. The maximum Gasteiger partial charge on any atom is 0.328 e. The fourth-order valence-corrected chi connectivity index (χ4v) is 0.143. The number of carboxylic acid groups (broad SMARTS) is 3. The van der Waals surface area contributed by atoms with Gasteiger partial charge in [0.05, 0.1) is 0 Å². The van der Waals surface area contributed by atoms with E-state index in [1.807, 2.05) is 0 Å². The topological polar surface area (TPSA) is 175 Å². The molecule has 0 saturated heterocycles. The van der Waals surface area contributed by atoms with E-state index in [1.54, 1.807) is 0 Å². The van der Waals surface area contributed by atoms with E-state index in [0.29, 0.717) is 12.2 Å². The molecule has 0 aromatic rings. The predicted molar refractivity (Wildman–Crippen MR) is 40.3 cm³/mol. The fraction of sp³-hybridized carbons (Fsp3) is 0. The van der Waals surface area contributed by atoms with E-state index < -0.39 is 11.9 Å². The molecular formula is C5H10O8. The second kappa shape index (κ2) is 16.6. The second-order valence-corrected chi connectivity index (χ2v) is 1.12. The van der Waals surface area contributed by atoms with Gasteiger partial charge in [-0.15, -0.1) is 0 Å². The average molecular weight is 198 g/mol. The van der Waals surface area contributed by atoms with Crippen LogP contribution in [0.2, 0.25) is 0 Å². The largest absolute Gasteiger partial charge is 0.483 e. The number of rotatable bonds is 2. The lowest BCUT2D eigenvalue weighted by atomic mass is 10.5. The van der Waals surface area contributed by atoms with Gasteiger partial charge in [-0.05, 0) is 0 Å². The molecule has 0 amide bonds. The molecule has 0 radical (unpaired) electrons. The quantitative estimate of drug-likeness (QED) is 0.333. The van der Waals surface area contributed by atoms with Crippen molar-refractivity contribution in [3.63, 3.8) is 0 Å². The lowest BCUT2D eigenvalue weighted by Gasteiger charge is -1.74. The highest BCUT2D eigenvalue weighted by atomic mass is 16.4. The van der Waals surface area contributed by atoms with E-state index in [2.05, 4.69) is 0 Å². The third-order valence-corrected chi connectivity index (χ3v) is 0.368. The molecule has 0 aromatic heterocycles. The van der Waals surface area contributed by atoms with Gasteiger partial charge in [0, 0.05) is 12.2 Å². The van der Waals surface area contributed by atoms with Gasteiger partial charge in [-0.1, -0.05) is 0 Å². The van der Waals surface area contributed by atoms with Gasteiger partial charge in [-0.2, -0.15) is 0 Å². The summed E-state index contributed by atoms with van der Waals surface area (Å²) in [5.41, 5.74) is 0. The van der Waals surface area contributed by atoms with Crippen molar-refractivity contribution in [3.05, 3.63) is 12.2 Å². The number of carbonyl (C=O) groups is 3. The van der Waals surface area contributed by atoms with E-state index in [4.69, 9.17) is 20.1 Å². The zero-order valence-corrected chi connectivity index (χ0v) is 6.30. The zero-order chi connectivity index (χ0) is 9.28. The minimum atomic E-state index is -1.26. The highest BCUT2D eigenvalue weighted by molar-refractivity contribution is 5.89. The Bertz CT molecular complexity index is 155. The summed E-state index contributed by atoms with van der Waals surface area (Å²) in [6.45, 7) is -0.250. The maximum absolute atomic E-state index is 9.55. The number of hydrogen-bond acceptors (Lipinski definition) is 3. The summed E-state index contributed by atoms with van der Waals surface area (Å²) in [5.74, 6) is -2.51. The van der Waals surface area contributed by atoms with Crippen LogP contribution in [0.4, 0.5) is 0 Å². The molecule has 0 saturated carbocycles. The van der Waals surface area contributed by atoms with E-state index in [0.717, 1.165) is 0 Å². The molecule has 78 valence electrons. The van der Waals surface area contributed by atoms with Gasteiger partial charge in [-0.25, -0.2) is 9.59 Å². The smallest absolute Gasteiger partial charge is 0.328 e. The highest BCUT2D eigenvalue weighted by Crippen LogP contribution is 1.70. The molecule has 7 N–H and O–H groups in total. The molecular weight excluding hydrogens is 188 g/mol. The summed E-state index contributed by atoms with van der Waals surface area (Å²) < 4.78 is 0. The molecule has 0 aliphatic heterocycles. The van der Waals surface area contributed by atoms with Crippen molar-refractivity contribution in [2.45, 2.75) is 0 Å². The molecule has 0 atom stereocenters. The summed E-state index contributed by atoms with van der Waals surface area (Å²) >= 11 is 0. The molecule has 8 heteroatoms. The highest BCUT2D eigenvalue weighted by Gasteiger charge is 1.88. The predicted octanol–water partition coefficient (Wildman–Crippen LogP) is -2.24. The summed E-state index contributed by atoms with van der Waals surface area (Å²) in [6.07, 6.45) is 1.12. The molecule has 0 heterocycles. The molecule has 0 aliphatic carbocycles. The molecule has 0 unspecified atom stereocenters. The minimum Gasteiger partial charge on any atom is -0.483 e.